The third kappa shape index (κ3) is 24.7. The van der Waals surface area contributed by atoms with Gasteiger partial charge in [0.1, 0.15) is 47.8 Å². The van der Waals surface area contributed by atoms with Crippen LogP contribution in [0.4, 0.5) is 8.78 Å². The predicted molar refractivity (Wildman–Crippen MR) is 388 cm³/mol. The number of hydrogen-bond acceptors (Lipinski definition) is 13. The summed E-state index contributed by atoms with van der Waals surface area (Å²) in [6.07, 6.45) is 9.26. The van der Waals surface area contributed by atoms with E-state index in [9.17, 15) is 38.4 Å². The van der Waals surface area contributed by atoms with Gasteiger partial charge in [0.05, 0.1) is 38.7 Å². The van der Waals surface area contributed by atoms with Crippen molar-refractivity contribution in [3.05, 3.63) is 0 Å². The molecule has 2 saturated heterocycles. The molecule has 5 fully saturated rings. The zero-order valence-corrected chi connectivity index (χ0v) is 65.8. The van der Waals surface area contributed by atoms with Gasteiger partial charge >= 0.3 is 0 Å². The number of likely N-dealkylation sites (tertiary alicyclic amines) is 1. The van der Waals surface area contributed by atoms with Crippen LogP contribution in [0.5, 0.6) is 0 Å². The Morgan fingerprint density at radius 1 is 0.584 bits per heavy atom. The standard InChI is InChI=1S/C73H123F2IN12O13/c1-18-47(7)63-70(99)83(12)41-61(91)81(10)42-62(92)85(14)57(38-49-25-23-46(6)24-26-49)68(97)82(11)40-59(89)77-53(37-50-21-19-22-51(76)35-50)64(93)78-55(36-48-27-29-52(101-17)30-28-48)67(96)87(16)72(8,9)71(100)79-54(33-44(2)3)66(95)86(15)58(69(98)88-32-20-31-73(74,75)43-88)39-60(90)84(13)56(34-45(4)5)65(94)80-63/h44-58,63H,18-43H2,1-17H3,(H,77,89)(H,78,93)(H,79,100)(H,80,94)/t46?,47-,48?,49?,50?,51?,52?,53-,54-,55-,56-,57-,58-,63-/m0/s1. The maximum Gasteiger partial charge on any atom is 0.265 e. The Labute approximate surface area is 613 Å². The number of amides is 12. The molecular weight excluding hydrogens is 1420 g/mol. The first kappa shape index (κ1) is 85.8. The van der Waals surface area contributed by atoms with Gasteiger partial charge in [-0.25, -0.2) is 8.78 Å². The molecular formula is C73H123F2IN12O13. The Morgan fingerprint density at radius 2 is 1.16 bits per heavy atom. The van der Waals surface area contributed by atoms with E-state index >= 15 is 28.0 Å². The lowest BCUT2D eigenvalue weighted by Crippen LogP contribution is -2.64. The van der Waals surface area contributed by atoms with Crippen molar-refractivity contribution in [3.63, 3.8) is 0 Å². The van der Waals surface area contributed by atoms with E-state index in [0.717, 1.165) is 75.9 Å². The number of nitrogens with one attached hydrogen (secondary N) is 4. The lowest BCUT2D eigenvalue weighted by molar-refractivity contribution is -0.156. The fraction of sp³-hybridized carbons (Fsp3) is 0.836. The van der Waals surface area contributed by atoms with Crippen LogP contribution in [0.1, 0.15) is 197 Å². The fourth-order valence-electron chi connectivity index (χ4n) is 14.9. The van der Waals surface area contributed by atoms with Gasteiger partial charge in [-0.05, 0) is 132 Å². The number of likely N-dealkylation sites (N-methyl/N-ethyl adjacent to an activating group) is 7. The number of piperidine rings is 1. The van der Waals surface area contributed by atoms with E-state index in [4.69, 9.17) is 4.74 Å². The molecule has 10 atom stereocenters. The first-order chi connectivity index (χ1) is 47.2. The van der Waals surface area contributed by atoms with Gasteiger partial charge < -0.3 is 65.2 Å². The van der Waals surface area contributed by atoms with Crippen molar-refractivity contribution in [2.45, 2.75) is 261 Å². The summed E-state index contributed by atoms with van der Waals surface area (Å²) in [5.41, 5.74) is -1.77. The molecule has 0 bridgehead atoms. The van der Waals surface area contributed by atoms with E-state index in [-0.39, 0.29) is 80.8 Å². The number of nitrogens with zero attached hydrogens (tertiary/aromatic N) is 8. The average molecular weight is 1540 g/mol. The number of carbonyl (C=O) groups excluding carboxylic acids is 12. The molecule has 2 heterocycles. The molecule has 0 aromatic carbocycles. The molecule has 28 heteroatoms. The maximum absolute atomic E-state index is 15.4. The van der Waals surface area contributed by atoms with Crippen LogP contribution in [0.15, 0.2) is 0 Å². The van der Waals surface area contributed by atoms with Gasteiger partial charge in [0.25, 0.3) is 5.92 Å². The molecule has 5 aliphatic rings. The molecule has 4 N–H and O–H groups in total. The molecule has 25 nitrogen and oxygen atoms in total. The second kappa shape index (κ2) is 38.8. The fourth-order valence-corrected chi connectivity index (χ4v) is 16.0. The number of carbonyl (C=O) groups is 12. The summed E-state index contributed by atoms with van der Waals surface area (Å²) in [6, 6.07) is -9.21. The average Bonchev–Trinajstić information content (AvgIpc) is 0.805. The van der Waals surface area contributed by atoms with Crippen LogP contribution < -0.4 is 21.3 Å². The molecule has 2 aliphatic heterocycles. The number of alkyl halides is 3. The van der Waals surface area contributed by atoms with Gasteiger partial charge in [0.15, 0.2) is 0 Å². The Hall–Kier alpha value is -5.81. The van der Waals surface area contributed by atoms with Crippen molar-refractivity contribution in [2.75, 3.05) is 89.2 Å². The van der Waals surface area contributed by atoms with E-state index in [1.165, 1.54) is 77.9 Å². The van der Waals surface area contributed by atoms with E-state index < -0.39 is 170 Å². The lowest BCUT2D eigenvalue weighted by Gasteiger charge is -2.40. The largest absolute Gasteiger partial charge is 0.381 e. The molecule has 101 heavy (non-hydrogen) atoms. The van der Waals surface area contributed by atoms with Crippen molar-refractivity contribution < 1.29 is 71.1 Å². The summed E-state index contributed by atoms with van der Waals surface area (Å²) in [5.74, 6) is -12.5. The molecule has 0 radical (unpaired) electrons. The highest BCUT2D eigenvalue weighted by molar-refractivity contribution is 14.1. The summed E-state index contributed by atoms with van der Waals surface area (Å²) in [4.78, 5) is 187. The number of rotatable bonds is 14. The quantitative estimate of drug-likeness (QED) is 0.115. The molecule has 5 rings (SSSR count). The molecule has 0 aromatic rings. The number of ether oxygens (including phenoxy) is 1. The van der Waals surface area contributed by atoms with Crippen LogP contribution in [0.2, 0.25) is 0 Å². The predicted octanol–water partition coefficient (Wildman–Crippen LogP) is 6.01. The summed E-state index contributed by atoms with van der Waals surface area (Å²) in [5, 5.41) is 11.7. The lowest BCUT2D eigenvalue weighted by atomic mass is 9.79. The molecule has 3 saturated carbocycles. The first-order valence-electron chi connectivity index (χ1n) is 37.0. The highest BCUT2D eigenvalue weighted by Gasteiger charge is 2.47. The van der Waals surface area contributed by atoms with E-state index in [1.54, 1.807) is 27.9 Å². The minimum atomic E-state index is -3.29. The Bertz CT molecular complexity index is 2870. The minimum absolute atomic E-state index is 0.0000193. The Morgan fingerprint density at radius 3 is 1.74 bits per heavy atom. The monoisotopic (exact) mass is 1540 g/mol. The molecule has 2 unspecified atom stereocenters. The Balaban J connectivity index is 1.64. The van der Waals surface area contributed by atoms with E-state index in [1.807, 2.05) is 20.8 Å². The highest BCUT2D eigenvalue weighted by Crippen LogP contribution is 2.36. The second-order valence-electron chi connectivity index (χ2n) is 31.7. The van der Waals surface area contributed by atoms with Crippen LogP contribution in [-0.2, 0) is 62.3 Å². The van der Waals surface area contributed by atoms with Gasteiger partial charge in [-0.1, -0.05) is 116 Å². The zero-order chi connectivity index (χ0) is 75.7. The third-order valence-corrected chi connectivity index (χ3v) is 23.4. The normalized spacial score (nSPS) is 30.9. The molecule has 0 spiro atoms. The maximum atomic E-state index is 15.4. The van der Waals surface area contributed by atoms with Gasteiger partial charge in [-0.2, -0.15) is 0 Å². The van der Waals surface area contributed by atoms with Crippen molar-refractivity contribution in [2.24, 2.45) is 41.4 Å². The van der Waals surface area contributed by atoms with Crippen molar-refractivity contribution in [1.82, 2.24) is 60.5 Å². The van der Waals surface area contributed by atoms with Crippen molar-refractivity contribution in [1.29, 1.82) is 0 Å². The van der Waals surface area contributed by atoms with Crippen molar-refractivity contribution >= 4 is 93.5 Å². The Kier molecular flexibility index (Phi) is 33.0. The van der Waals surface area contributed by atoms with Crippen LogP contribution in [-0.4, -0.2) is 263 Å². The van der Waals surface area contributed by atoms with Gasteiger partial charge in [0.2, 0.25) is 70.9 Å². The number of halogens is 3. The summed E-state index contributed by atoms with van der Waals surface area (Å²) >= 11 is 2.40. The van der Waals surface area contributed by atoms with Crippen LogP contribution in [0.25, 0.3) is 0 Å². The van der Waals surface area contributed by atoms with Gasteiger partial charge in [-0.15, -0.1) is 0 Å². The topological polar surface area (TPSA) is 288 Å². The van der Waals surface area contributed by atoms with Crippen LogP contribution in [0.3, 0.4) is 0 Å². The smallest absolute Gasteiger partial charge is 0.265 e. The van der Waals surface area contributed by atoms with E-state index in [0.29, 0.717) is 41.9 Å². The van der Waals surface area contributed by atoms with Gasteiger partial charge in [0, 0.05) is 73.3 Å². The highest BCUT2D eigenvalue weighted by atomic mass is 127. The second-order valence-corrected chi connectivity index (χ2v) is 33.5. The molecule has 574 valence electrons. The van der Waals surface area contributed by atoms with Crippen LogP contribution >= 0.6 is 22.6 Å². The molecule has 0 aromatic heterocycles. The molecule has 3 aliphatic carbocycles. The van der Waals surface area contributed by atoms with Crippen molar-refractivity contribution in [3.8, 4) is 0 Å². The third-order valence-electron chi connectivity index (χ3n) is 22.2. The molecule has 12 amide bonds. The summed E-state index contributed by atoms with van der Waals surface area (Å²) < 4.78 is 36.5. The number of methoxy groups -OCH3 is 1. The van der Waals surface area contributed by atoms with Gasteiger partial charge in [-0.3, -0.25) is 57.5 Å². The summed E-state index contributed by atoms with van der Waals surface area (Å²) in [6.45, 7) is 13.3. The van der Waals surface area contributed by atoms with Crippen LogP contribution in [0, 0.1) is 41.4 Å². The zero-order valence-electron chi connectivity index (χ0n) is 63.6. The SMILES string of the molecule is CC[C@H](C)[C@@H]1NC(=O)[C@H](CC(C)C)N(C)C(=O)C[C@@H](C(=O)N2CCCC(F)(F)C2)N(C)C(=O)[C@H](CC(C)C)NC(=O)C(C)(C)N(C)C(=O)[C@H](CC2CCC(OC)CC2)NC(=O)[C@H](CC2CCCC(I)C2)NC(=O)CN(C)C(=O)[C@H](CC2CCC(C)CC2)N(C)C(=O)CN(C)C(=O)CN(C)C1=O. The summed E-state index contributed by atoms with van der Waals surface area (Å²) in [7, 11) is 11.4. The first-order valence-corrected chi connectivity index (χ1v) is 38.3. The van der Waals surface area contributed by atoms with E-state index in [2.05, 4.69) is 50.8 Å². The number of hydrogen-bond donors (Lipinski definition) is 4. The minimum Gasteiger partial charge on any atom is -0.381 e.